The Labute approximate surface area is 286 Å². The van der Waals surface area contributed by atoms with E-state index in [0.717, 1.165) is 30.5 Å². The van der Waals surface area contributed by atoms with Crippen molar-refractivity contribution in [2.75, 3.05) is 19.6 Å². The number of likely N-dealkylation sites (tertiary alicyclic amines) is 1. The lowest BCUT2D eigenvalue weighted by Crippen LogP contribution is -2.49. The zero-order chi connectivity index (χ0) is 36.9. The normalized spacial score (nSPS) is 18.0. The van der Waals surface area contributed by atoms with Crippen LogP contribution in [0.4, 0.5) is 30.7 Å². The minimum Gasteiger partial charge on any atom is -0.481 e. The molecule has 4 bridgehead atoms. The topological polar surface area (TPSA) is 101 Å². The van der Waals surface area contributed by atoms with Crippen LogP contribution in [0.15, 0.2) is 59.5 Å². The van der Waals surface area contributed by atoms with Crippen LogP contribution in [0.2, 0.25) is 0 Å². The summed E-state index contributed by atoms with van der Waals surface area (Å²) < 4.78 is 109. The zero-order valence-electron chi connectivity index (χ0n) is 27.1. The molecular weight excluding hydrogens is 687 g/mol. The molecule has 0 unspecified atom stereocenters. The Balaban J connectivity index is 1.59. The summed E-state index contributed by atoms with van der Waals surface area (Å²) in [6.45, 7) is 2.91. The predicted molar refractivity (Wildman–Crippen MR) is 170 cm³/mol. The summed E-state index contributed by atoms with van der Waals surface area (Å²) in [7, 11) is 0. The zero-order valence-corrected chi connectivity index (χ0v) is 27.1. The minimum absolute atomic E-state index is 0.00121. The van der Waals surface area contributed by atoms with Crippen LogP contribution in [0.3, 0.4) is 0 Å². The number of aromatic nitrogens is 1. The van der Waals surface area contributed by atoms with Crippen molar-refractivity contribution in [3.05, 3.63) is 116 Å². The number of carboxylic acids is 1. The van der Waals surface area contributed by atoms with E-state index in [1.165, 1.54) is 25.1 Å². The number of halogens is 7. The number of pyridine rings is 1. The Morgan fingerprint density at radius 2 is 1.71 bits per heavy atom. The number of hydrogen-bond donors (Lipinski definition) is 2. The standard InChI is InChI=1S/C36H30F7N3O5/c1-17-8-21(37)10-29-32(17)20-7-18(2)33(40)25(9-20)28(13-31(48)49)44-35(50)34(24-11-23(51-29)3-4-27(24)39)46-14-19(5-6-45-15-22(38)16-45)26(12-30(46)47)36(41,42)43/h3-4,7-12,14,22,28,34H,5-6,13,15-16H2,1-2H3,(H,44,50)(H,48,49)/t28-,34-/m1/s1. The molecule has 3 heterocycles. The number of carboxylic acid groups (broad SMARTS) is 1. The van der Waals surface area contributed by atoms with E-state index < -0.39 is 82.4 Å². The third-order valence-corrected chi connectivity index (χ3v) is 9.00. The van der Waals surface area contributed by atoms with Gasteiger partial charge in [-0.05, 0) is 78.9 Å². The molecule has 1 fully saturated rings. The number of amides is 1. The van der Waals surface area contributed by atoms with E-state index in [1.54, 1.807) is 11.8 Å². The third-order valence-electron chi connectivity index (χ3n) is 9.00. The van der Waals surface area contributed by atoms with E-state index in [2.05, 4.69) is 5.32 Å². The van der Waals surface area contributed by atoms with Gasteiger partial charge in [-0.1, -0.05) is 0 Å². The van der Waals surface area contributed by atoms with Gasteiger partial charge in [-0.25, -0.2) is 17.6 Å². The Bertz CT molecular complexity index is 2110. The Hall–Kier alpha value is -5.18. The molecule has 0 saturated carbocycles. The summed E-state index contributed by atoms with van der Waals surface area (Å²) in [4.78, 5) is 41.4. The monoisotopic (exact) mass is 717 g/mol. The molecule has 4 aromatic rings. The minimum atomic E-state index is -5.01. The molecule has 2 atom stereocenters. The molecule has 2 aliphatic rings. The van der Waals surface area contributed by atoms with Gasteiger partial charge < -0.3 is 15.2 Å². The maximum atomic E-state index is 15.9. The summed E-state index contributed by atoms with van der Waals surface area (Å²) in [6, 6.07) is 4.47. The number of aliphatic carboxylic acids is 1. The van der Waals surface area contributed by atoms with Crippen LogP contribution >= 0.6 is 0 Å². The first kappa shape index (κ1) is 35.6. The number of benzene rings is 3. The highest BCUT2D eigenvalue weighted by atomic mass is 19.4. The molecule has 15 heteroatoms. The van der Waals surface area contributed by atoms with E-state index in [0.29, 0.717) is 10.1 Å². The van der Waals surface area contributed by atoms with Crippen molar-refractivity contribution in [3.63, 3.8) is 0 Å². The second-order valence-corrected chi connectivity index (χ2v) is 12.7. The Morgan fingerprint density at radius 3 is 2.37 bits per heavy atom. The lowest BCUT2D eigenvalue weighted by atomic mass is 9.92. The van der Waals surface area contributed by atoms with Gasteiger partial charge in [0.1, 0.15) is 41.2 Å². The van der Waals surface area contributed by atoms with Crippen molar-refractivity contribution in [1.29, 1.82) is 0 Å². The second-order valence-electron chi connectivity index (χ2n) is 12.7. The van der Waals surface area contributed by atoms with Gasteiger partial charge in [0.2, 0.25) is 5.91 Å². The van der Waals surface area contributed by atoms with Gasteiger partial charge in [0.25, 0.3) is 5.56 Å². The van der Waals surface area contributed by atoms with Crippen LogP contribution in [0.5, 0.6) is 11.5 Å². The van der Waals surface area contributed by atoms with Crippen LogP contribution in [0.25, 0.3) is 11.1 Å². The largest absolute Gasteiger partial charge is 0.481 e. The van der Waals surface area contributed by atoms with Crippen LogP contribution in [-0.4, -0.2) is 52.3 Å². The number of rotatable bonds is 6. The first-order valence-electron chi connectivity index (χ1n) is 15.8. The van der Waals surface area contributed by atoms with Gasteiger partial charge in [-0.3, -0.25) is 23.9 Å². The molecule has 2 N–H and O–H groups in total. The predicted octanol–water partition coefficient (Wildman–Crippen LogP) is 6.79. The first-order chi connectivity index (χ1) is 24.0. The molecule has 1 amide bonds. The fourth-order valence-corrected chi connectivity index (χ4v) is 6.59. The Morgan fingerprint density at radius 1 is 0.980 bits per heavy atom. The molecule has 2 aliphatic heterocycles. The fraction of sp³-hybridized carbons (Fsp3) is 0.306. The summed E-state index contributed by atoms with van der Waals surface area (Å²) in [6.07, 6.45) is -6.61. The Kier molecular flexibility index (Phi) is 9.44. The third kappa shape index (κ3) is 7.20. The number of nitrogens with one attached hydrogen (secondary N) is 1. The maximum Gasteiger partial charge on any atom is 0.416 e. The van der Waals surface area contributed by atoms with Crippen LogP contribution in [0.1, 0.15) is 51.9 Å². The summed E-state index contributed by atoms with van der Waals surface area (Å²) in [5.74, 6) is -5.73. The number of nitrogens with zero attached hydrogens (tertiary/aromatic N) is 2. The number of fused-ring (bicyclic) bond motifs is 6. The summed E-state index contributed by atoms with van der Waals surface area (Å²) in [5, 5.41) is 12.2. The van der Waals surface area contributed by atoms with Gasteiger partial charge >= 0.3 is 12.1 Å². The molecule has 1 aromatic heterocycles. The van der Waals surface area contributed by atoms with Crippen molar-refractivity contribution in [2.24, 2.45) is 0 Å². The highest BCUT2D eigenvalue weighted by Gasteiger charge is 2.38. The molecule has 0 radical (unpaired) electrons. The first-order valence-corrected chi connectivity index (χ1v) is 15.8. The van der Waals surface area contributed by atoms with Gasteiger partial charge in [0.15, 0.2) is 0 Å². The van der Waals surface area contributed by atoms with E-state index in [4.69, 9.17) is 4.74 Å². The molecule has 0 aliphatic carbocycles. The van der Waals surface area contributed by atoms with Crippen molar-refractivity contribution in [2.45, 2.75) is 51.1 Å². The number of carbonyl (C=O) groups excluding carboxylic acids is 1. The number of alkyl halides is 4. The highest BCUT2D eigenvalue weighted by Crippen LogP contribution is 2.41. The lowest BCUT2D eigenvalue weighted by Gasteiger charge is -2.34. The van der Waals surface area contributed by atoms with Crippen molar-refractivity contribution < 1.29 is 50.2 Å². The van der Waals surface area contributed by atoms with Crippen LogP contribution < -0.4 is 15.6 Å². The number of aryl methyl sites for hydroxylation is 2. The smallest absolute Gasteiger partial charge is 0.416 e. The molecule has 0 spiro atoms. The molecule has 8 nitrogen and oxygen atoms in total. The van der Waals surface area contributed by atoms with Crippen molar-refractivity contribution >= 4 is 11.9 Å². The maximum absolute atomic E-state index is 15.9. The van der Waals surface area contributed by atoms with E-state index in [9.17, 15) is 41.4 Å². The van der Waals surface area contributed by atoms with Gasteiger partial charge in [-0.15, -0.1) is 0 Å². The van der Waals surface area contributed by atoms with Gasteiger partial charge in [0.05, 0.1) is 18.0 Å². The lowest BCUT2D eigenvalue weighted by molar-refractivity contribution is -0.139. The summed E-state index contributed by atoms with van der Waals surface area (Å²) in [5.41, 5.74) is -3.13. The average Bonchev–Trinajstić information content (AvgIpc) is 3.01. The van der Waals surface area contributed by atoms with Crippen LogP contribution in [0, 0.1) is 31.3 Å². The van der Waals surface area contributed by atoms with E-state index in [1.807, 2.05) is 0 Å². The molecule has 6 rings (SSSR count). The molecule has 3 aromatic carbocycles. The van der Waals surface area contributed by atoms with E-state index >= 15 is 8.78 Å². The van der Waals surface area contributed by atoms with Gasteiger partial charge in [-0.2, -0.15) is 13.2 Å². The number of ether oxygens (including phenoxy) is 1. The van der Waals surface area contributed by atoms with E-state index in [-0.39, 0.29) is 65.9 Å². The second kappa shape index (κ2) is 13.5. The highest BCUT2D eigenvalue weighted by molar-refractivity contribution is 5.85. The summed E-state index contributed by atoms with van der Waals surface area (Å²) >= 11 is 0. The van der Waals surface area contributed by atoms with Crippen molar-refractivity contribution in [1.82, 2.24) is 14.8 Å². The number of hydrogen-bond acceptors (Lipinski definition) is 5. The molecule has 268 valence electrons. The molecular formula is C36H30F7N3O5. The van der Waals surface area contributed by atoms with Gasteiger partial charge in [0, 0.05) is 54.7 Å². The number of carbonyl (C=O) groups is 2. The molecule has 1 saturated heterocycles. The average molecular weight is 718 g/mol. The fourth-order valence-electron chi connectivity index (χ4n) is 6.59. The van der Waals surface area contributed by atoms with Crippen LogP contribution in [-0.2, 0) is 22.2 Å². The van der Waals surface area contributed by atoms with Crippen molar-refractivity contribution in [3.8, 4) is 22.6 Å². The quantitative estimate of drug-likeness (QED) is 0.213. The molecule has 51 heavy (non-hydrogen) atoms. The SMILES string of the molecule is Cc1cc2cc(c1F)[C@@H](CC(=O)O)NC(=O)[C@H](n1cc(CCN3CC(F)C3)c(C(F)(F)F)cc1=O)c1cc(ccc1F)Oc1cc(F)cc(C)c1-2.